The van der Waals surface area contributed by atoms with Gasteiger partial charge < -0.3 is 15.8 Å². The summed E-state index contributed by atoms with van der Waals surface area (Å²) in [5, 5.41) is 3.10. The number of ether oxygens (including phenoxy) is 1. The van der Waals surface area contributed by atoms with Crippen molar-refractivity contribution in [3.63, 3.8) is 0 Å². The molecule has 1 aliphatic rings. The number of nitrogen functional groups attached to an aromatic ring is 1. The van der Waals surface area contributed by atoms with Gasteiger partial charge in [0.15, 0.2) is 0 Å². The Balaban J connectivity index is 2.08. The van der Waals surface area contributed by atoms with Gasteiger partial charge in [-0.2, -0.15) is 0 Å². The Morgan fingerprint density at radius 1 is 1.48 bits per heavy atom. The second-order valence-corrected chi connectivity index (χ2v) is 5.80. The number of carbonyl (C=O) groups excluding carboxylic acids is 1. The van der Waals surface area contributed by atoms with Crippen LogP contribution in [0.25, 0.3) is 0 Å². The van der Waals surface area contributed by atoms with Gasteiger partial charge >= 0.3 is 5.97 Å². The fraction of sp³-hybridized carbons (Fsp3) is 0.562. The van der Waals surface area contributed by atoms with Crippen molar-refractivity contribution in [3.8, 4) is 0 Å². The van der Waals surface area contributed by atoms with Crippen LogP contribution in [0.2, 0.25) is 0 Å². The molecule has 2 rings (SSSR count). The smallest absolute Gasteiger partial charge is 0.340 e. The summed E-state index contributed by atoms with van der Waals surface area (Å²) in [6.07, 6.45) is 3.55. The summed E-state index contributed by atoms with van der Waals surface area (Å²) in [6.45, 7) is 4.94. The van der Waals surface area contributed by atoms with Gasteiger partial charge in [-0.3, -0.25) is 0 Å². The topological polar surface area (TPSA) is 64.3 Å². The normalized spacial score (nSPS) is 21.3. The van der Waals surface area contributed by atoms with E-state index in [4.69, 9.17) is 10.5 Å². The molecule has 0 aromatic heterocycles. The number of esters is 1. The molecule has 3 N–H and O–H groups in total. The molecule has 4 nitrogen and oxygen atoms in total. The van der Waals surface area contributed by atoms with Crippen LogP contribution in [0.5, 0.6) is 0 Å². The Morgan fingerprint density at radius 2 is 2.24 bits per heavy atom. The van der Waals surface area contributed by atoms with Crippen molar-refractivity contribution >= 4 is 17.3 Å². The SMILES string of the molecule is CCOC(=O)c1cc(NCC2CCC(C)C2)c(F)cc1N. The first-order valence-electron chi connectivity index (χ1n) is 7.51. The van der Waals surface area contributed by atoms with Crippen molar-refractivity contribution in [1.29, 1.82) is 0 Å². The highest BCUT2D eigenvalue weighted by Crippen LogP contribution is 2.31. The van der Waals surface area contributed by atoms with E-state index in [2.05, 4.69) is 12.2 Å². The van der Waals surface area contributed by atoms with Crippen LogP contribution in [0.3, 0.4) is 0 Å². The zero-order valence-electron chi connectivity index (χ0n) is 12.6. The molecule has 0 saturated heterocycles. The number of carbonyl (C=O) groups is 1. The molecule has 0 aliphatic heterocycles. The van der Waals surface area contributed by atoms with Crippen LogP contribution in [0.4, 0.5) is 15.8 Å². The molecular weight excluding hydrogens is 271 g/mol. The maximum absolute atomic E-state index is 13.9. The van der Waals surface area contributed by atoms with Gasteiger partial charge in [0.2, 0.25) is 0 Å². The molecule has 21 heavy (non-hydrogen) atoms. The zero-order valence-corrected chi connectivity index (χ0v) is 12.6. The van der Waals surface area contributed by atoms with Gasteiger partial charge in [-0.05, 0) is 43.7 Å². The van der Waals surface area contributed by atoms with E-state index in [0.717, 1.165) is 18.8 Å². The standard InChI is InChI=1S/C16H23FN2O2/c1-3-21-16(20)12-7-15(13(17)8-14(12)18)19-9-11-5-4-10(2)6-11/h7-8,10-11,19H,3-6,9,18H2,1-2H3. The number of hydrogen-bond donors (Lipinski definition) is 2. The van der Waals surface area contributed by atoms with Crippen LogP contribution in [0, 0.1) is 17.7 Å². The highest BCUT2D eigenvalue weighted by Gasteiger charge is 2.22. The summed E-state index contributed by atoms with van der Waals surface area (Å²) in [5.41, 5.74) is 6.31. The highest BCUT2D eigenvalue weighted by molar-refractivity contribution is 5.96. The van der Waals surface area contributed by atoms with Crippen molar-refractivity contribution in [3.05, 3.63) is 23.5 Å². The van der Waals surface area contributed by atoms with Crippen LogP contribution >= 0.6 is 0 Å². The number of rotatable bonds is 5. The van der Waals surface area contributed by atoms with E-state index in [1.54, 1.807) is 6.92 Å². The predicted octanol–water partition coefficient (Wildman–Crippen LogP) is 3.43. The summed E-state index contributed by atoms with van der Waals surface area (Å²) in [5.74, 6) is 0.338. The Hall–Kier alpha value is -1.78. The number of hydrogen-bond acceptors (Lipinski definition) is 4. The van der Waals surface area contributed by atoms with Gasteiger partial charge in [0.1, 0.15) is 5.82 Å². The maximum Gasteiger partial charge on any atom is 0.340 e. The number of benzene rings is 1. The Labute approximate surface area is 124 Å². The van der Waals surface area contributed by atoms with Gasteiger partial charge in [0.05, 0.1) is 17.9 Å². The number of nitrogens with two attached hydrogens (primary N) is 1. The van der Waals surface area contributed by atoms with Crippen LogP contribution < -0.4 is 11.1 Å². The molecule has 1 aromatic carbocycles. The minimum absolute atomic E-state index is 0.103. The molecule has 0 radical (unpaired) electrons. The average Bonchev–Trinajstić information content (AvgIpc) is 2.83. The molecule has 5 heteroatoms. The van der Waals surface area contributed by atoms with Crippen molar-refractivity contribution in [1.82, 2.24) is 0 Å². The molecule has 0 spiro atoms. The second-order valence-electron chi connectivity index (χ2n) is 5.80. The quantitative estimate of drug-likeness (QED) is 0.645. The number of halogens is 1. The molecule has 1 fully saturated rings. The maximum atomic E-state index is 13.9. The first-order chi connectivity index (χ1) is 10.0. The van der Waals surface area contributed by atoms with Crippen molar-refractivity contribution in [2.24, 2.45) is 11.8 Å². The Kier molecular flexibility index (Phi) is 5.04. The largest absolute Gasteiger partial charge is 0.462 e. The molecule has 0 bridgehead atoms. The van der Waals surface area contributed by atoms with Crippen molar-refractivity contribution in [2.75, 3.05) is 24.2 Å². The summed E-state index contributed by atoms with van der Waals surface area (Å²) < 4.78 is 18.9. The first kappa shape index (κ1) is 15.6. The molecule has 0 heterocycles. The van der Waals surface area contributed by atoms with E-state index in [-0.39, 0.29) is 17.9 Å². The van der Waals surface area contributed by atoms with Gasteiger partial charge in [-0.15, -0.1) is 0 Å². The zero-order chi connectivity index (χ0) is 15.4. The minimum Gasteiger partial charge on any atom is -0.462 e. The van der Waals surface area contributed by atoms with E-state index >= 15 is 0 Å². The highest BCUT2D eigenvalue weighted by atomic mass is 19.1. The predicted molar refractivity (Wildman–Crippen MR) is 81.8 cm³/mol. The van der Waals surface area contributed by atoms with Crippen molar-refractivity contribution < 1.29 is 13.9 Å². The van der Waals surface area contributed by atoms with Crippen molar-refractivity contribution in [2.45, 2.75) is 33.1 Å². The summed E-state index contributed by atoms with van der Waals surface area (Å²) in [7, 11) is 0. The van der Waals surface area contributed by atoms with Gasteiger partial charge in [-0.25, -0.2) is 9.18 Å². The van der Waals surface area contributed by atoms with E-state index in [9.17, 15) is 9.18 Å². The molecule has 2 unspecified atom stereocenters. The lowest BCUT2D eigenvalue weighted by atomic mass is 10.1. The van der Waals surface area contributed by atoms with E-state index in [1.165, 1.54) is 18.6 Å². The fourth-order valence-electron chi connectivity index (χ4n) is 2.87. The first-order valence-corrected chi connectivity index (χ1v) is 7.51. The summed E-state index contributed by atoms with van der Waals surface area (Å²) in [6, 6.07) is 2.62. The van der Waals surface area contributed by atoms with Gasteiger partial charge in [0, 0.05) is 12.2 Å². The molecule has 116 valence electrons. The summed E-state index contributed by atoms with van der Waals surface area (Å²) >= 11 is 0. The average molecular weight is 294 g/mol. The summed E-state index contributed by atoms with van der Waals surface area (Å²) in [4.78, 5) is 11.8. The lowest BCUT2D eigenvalue weighted by molar-refractivity contribution is 0.0527. The molecule has 0 amide bonds. The second kappa shape index (κ2) is 6.78. The van der Waals surface area contributed by atoms with Gasteiger partial charge in [0.25, 0.3) is 0 Å². The molecular formula is C16H23FN2O2. The minimum atomic E-state index is -0.521. The number of nitrogens with one attached hydrogen (secondary N) is 1. The molecule has 1 saturated carbocycles. The van der Waals surface area contributed by atoms with Crippen LogP contribution in [0.15, 0.2) is 12.1 Å². The number of anilines is 2. The van der Waals surface area contributed by atoms with Crippen LogP contribution in [-0.2, 0) is 4.74 Å². The third-order valence-electron chi connectivity index (χ3n) is 4.02. The monoisotopic (exact) mass is 294 g/mol. The lowest BCUT2D eigenvalue weighted by Gasteiger charge is -2.15. The van der Waals surface area contributed by atoms with E-state index in [1.807, 2.05) is 0 Å². The third-order valence-corrected chi connectivity index (χ3v) is 4.02. The molecule has 1 aromatic rings. The van der Waals surface area contributed by atoms with E-state index < -0.39 is 11.8 Å². The Morgan fingerprint density at radius 3 is 2.86 bits per heavy atom. The fourth-order valence-corrected chi connectivity index (χ4v) is 2.87. The van der Waals surface area contributed by atoms with E-state index in [0.29, 0.717) is 18.2 Å². The van der Waals surface area contributed by atoms with Crippen LogP contribution in [-0.4, -0.2) is 19.1 Å². The lowest BCUT2D eigenvalue weighted by Crippen LogP contribution is -2.14. The molecule has 2 atom stereocenters. The van der Waals surface area contributed by atoms with Gasteiger partial charge in [-0.1, -0.05) is 13.3 Å². The third kappa shape index (κ3) is 3.86. The van der Waals surface area contributed by atoms with Crippen LogP contribution in [0.1, 0.15) is 43.5 Å². The molecule has 1 aliphatic carbocycles. The Bertz CT molecular complexity index is 519.